The van der Waals surface area contributed by atoms with E-state index in [9.17, 15) is 9.90 Å². The molecule has 0 radical (unpaired) electrons. The van der Waals surface area contributed by atoms with Gasteiger partial charge in [-0.25, -0.2) is 4.79 Å². The molecule has 0 saturated heterocycles. The minimum absolute atomic E-state index is 0.119. The van der Waals surface area contributed by atoms with Crippen molar-refractivity contribution in [1.29, 1.82) is 0 Å². The van der Waals surface area contributed by atoms with Gasteiger partial charge in [-0.2, -0.15) is 0 Å². The topological polar surface area (TPSA) is 68.2 Å². The van der Waals surface area contributed by atoms with Gasteiger partial charge in [-0.15, -0.1) is 0 Å². The maximum Gasteiger partial charge on any atom is 0.514 e. The molecule has 174 valence electrons. The van der Waals surface area contributed by atoms with Crippen LogP contribution in [0.5, 0.6) is 11.5 Å². The van der Waals surface area contributed by atoms with E-state index < -0.39 is 11.8 Å². The first-order chi connectivity index (χ1) is 15.9. The summed E-state index contributed by atoms with van der Waals surface area (Å²) in [5.41, 5.74) is -0.202. The van der Waals surface area contributed by atoms with E-state index in [1.807, 2.05) is 79.7 Å². The highest BCUT2D eigenvalue weighted by Gasteiger charge is 2.45. The van der Waals surface area contributed by atoms with Crippen molar-refractivity contribution in [2.24, 2.45) is 5.92 Å². The van der Waals surface area contributed by atoms with Crippen molar-refractivity contribution < 1.29 is 24.1 Å². The highest BCUT2D eigenvalue weighted by atomic mass is 16.7. The van der Waals surface area contributed by atoms with Crippen molar-refractivity contribution in [3.63, 3.8) is 0 Å². The molecule has 6 heteroatoms. The Morgan fingerprint density at radius 1 is 1.03 bits per heavy atom. The number of ether oxygens (including phenoxy) is 3. The zero-order chi connectivity index (χ0) is 23.4. The molecule has 3 aromatic carbocycles. The van der Waals surface area contributed by atoms with Crippen LogP contribution in [0.4, 0.5) is 4.79 Å². The minimum Gasteiger partial charge on any atom is -0.497 e. The number of benzene rings is 3. The number of nitrogens with zero attached hydrogens (tertiary/aromatic N) is 1. The zero-order valence-electron chi connectivity index (χ0n) is 19.4. The lowest BCUT2D eigenvalue weighted by Crippen LogP contribution is -2.47. The molecule has 4 rings (SSSR count). The lowest BCUT2D eigenvalue weighted by molar-refractivity contribution is -0.0973. The van der Waals surface area contributed by atoms with Crippen LogP contribution in [0.15, 0.2) is 66.7 Å². The van der Waals surface area contributed by atoms with Crippen LogP contribution in [0.2, 0.25) is 0 Å². The van der Waals surface area contributed by atoms with E-state index in [4.69, 9.17) is 14.2 Å². The predicted octanol–water partition coefficient (Wildman–Crippen LogP) is 4.98. The molecule has 1 N–H and O–H groups in total. The lowest BCUT2D eigenvalue weighted by atomic mass is 9.70. The van der Waals surface area contributed by atoms with Crippen LogP contribution in [0.25, 0.3) is 10.8 Å². The molecule has 3 unspecified atom stereocenters. The Balaban J connectivity index is 1.45. The van der Waals surface area contributed by atoms with Crippen LogP contribution >= 0.6 is 0 Å². The Bertz CT molecular complexity index is 1110. The highest BCUT2D eigenvalue weighted by molar-refractivity contribution is 5.84. The first kappa shape index (κ1) is 23.1. The Labute approximate surface area is 194 Å². The summed E-state index contributed by atoms with van der Waals surface area (Å²) < 4.78 is 16.5. The van der Waals surface area contributed by atoms with Crippen molar-refractivity contribution in [2.45, 2.75) is 31.0 Å². The van der Waals surface area contributed by atoms with Crippen LogP contribution in [0.1, 0.15) is 24.8 Å². The summed E-state index contributed by atoms with van der Waals surface area (Å²) in [5, 5.41) is 13.8. The summed E-state index contributed by atoms with van der Waals surface area (Å²) in [5.74, 6) is 1.04. The van der Waals surface area contributed by atoms with E-state index in [1.165, 1.54) is 0 Å². The van der Waals surface area contributed by atoms with Crippen LogP contribution in [-0.4, -0.2) is 50.0 Å². The van der Waals surface area contributed by atoms with Gasteiger partial charge in [-0.1, -0.05) is 42.5 Å². The fourth-order valence-electron chi connectivity index (χ4n) is 4.75. The van der Waals surface area contributed by atoms with Gasteiger partial charge < -0.3 is 24.2 Å². The van der Waals surface area contributed by atoms with Gasteiger partial charge in [0, 0.05) is 12.5 Å². The quantitative estimate of drug-likeness (QED) is 0.423. The van der Waals surface area contributed by atoms with Gasteiger partial charge in [0.1, 0.15) is 17.6 Å². The minimum atomic E-state index is -1.03. The molecule has 6 nitrogen and oxygen atoms in total. The molecule has 0 spiro atoms. The lowest BCUT2D eigenvalue weighted by Gasteiger charge is -2.44. The molecule has 0 heterocycles. The first-order valence-corrected chi connectivity index (χ1v) is 11.3. The van der Waals surface area contributed by atoms with E-state index in [2.05, 4.69) is 0 Å². The second-order valence-electron chi connectivity index (χ2n) is 8.99. The smallest absolute Gasteiger partial charge is 0.497 e. The average molecular weight is 450 g/mol. The van der Waals surface area contributed by atoms with Gasteiger partial charge in [-0.05, 0) is 74.0 Å². The summed E-state index contributed by atoms with van der Waals surface area (Å²) >= 11 is 0. The first-order valence-electron chi connectivity index (χ1n) is 11.3. The molecule has 1 saturated carbocycles. The maximum atomic E-state index is 12.5. The Hall–Kier alpha value is -3.09. The highest BCUT2D eigenvalue weighted by Crippen LogP contribution is 2.43. The number of carbonyl (C=O) groups excluding carboxylic acids is 1. The fourth-order valence-corrected chi connectivity index (χ4v) is 4.75. The van der Waals surface area contributed by atoms with E-state index >= 15 is 0 Å². The third-order valence-corrected chi connectivity index (χ3v) is 6.41. The molecular weight excluding hydrogens is 418 g/mol. The van der Waals surface area contributed by atoms with Crippen LogP contribution in [0.3, 0.4) is 0 Å². The predicted molar refractivity (Wildman–Crippen MR) is 128 cm³/mol. The van der Waals surface area contributed by atoms with Gasteiger partial charge >= 0.3 is 6.16 Å². The number of methoxy groups -OCH3 is 1. The molecule has 0 bridgehead atoms. The third kappa shape index (κ3) is 5.29. The number of carbonyl (C=O) groups is 1. The number of hydrogen-bond acceptors (Lipinski definition) is 6. The number of rotatable bonds is 6. The fraction of sp³-hybridized carbons (Fsp3) is 0.370. The van der Waals surface area contributed by atoms with E-state index in [-0.39, 0.29) is 12.0 Å². The number of aliphatic hydroxyl groups is 1. The van der Waals surface area contributed by atoms with Gasteiger partial charge in [0.2, 0.25) is 0 Å². The molecule has 0 amide bonds. The van der Waals surface area contributed by atoms with Crippen LogP contribution in [0, 0.1) is 5.92 Å². The van der Waals surface area contributed by atoms with E-state index in [1.54, 1.807) is 13.2 Å². The molecule has 1 fully saturated rings. The monoisotopic (exact) mass is 449 g/mol. The van der Waals surface area contributed by atoms with Crippen molar-refractivity contribution >= 4 is 16.9 Å². The third-order valence-electron chi connectivity index (χ3n) is 6.41. The standard InChI is InChI=1S/C27H31NO5/c1-28(2)18-22-17-25(13-14-27(22,30)21-9-6-10-23(16-21)31-3)33-26(29)32-24-12-11-19-7-4-5-8-20(19)15-24/h4-12,15-16,22,25,30H,13-14,17-18H2,1-3H3. The summed E-state index contributed by atoms with van der Waals surface area (Å²) in [6, 6.07) is 21.0. The molecule has 3 atom stereocenters. The van der Waals surface area contributed by atoms with Gasteiger partial charge in [0.15, 0.2) is 0 Å². The zero-order valence-corrected chi connectivity index (χ0v) is 19.4. The van der Waals surface area contributed by atoms with Crippen molar-refractivity contribution in [2.75, 3.05) is 27.7 Å². The molecule has 0 aromatic heterocycles. The average Bonchev–Trinajstić information content (AvgIpc) is 2.81. The summed E-state index contributed by atoms with van der Waals surface area (Å²) in [4.78, 5) is 14.6. The summed E-state index contributed by atoms with van der Waals surface area (Å²) in [6.07, 6.45) is 0.523. The molecule has 3 aromatic rings. The Morgan fingerprint density at radius 3 is 2.58 bits per heavy atom. The van der Waals surface area contributed by atoms with Gasteiger partial charge in [0.05, 0.1) is 12.7 Å². The van der Waals surface area contributed by atoms with E-state index in [0.717, 1.165) is 16.3 Å². The van der Waals surface area contributed by atoms with Gasteiger partial charge in [0.25, 0.3) is 0 Å². The van der Waals surface area contributed by atoms with Crippen molar-refractivity contribution in [1.82, 2.24) is 4.90 Å². The van der Waals surface area contributed by atoms with Crippen molar-refractivity contribution in [3.8, 4) is 11.5 Å². The molecule has 1 aliphatic carbocycles. The largest absolute Gasteiger partial charge is 0.514 e. The second kappa shape index (κ2) is 9.81. The van der Waals surface area contributed by atoms with Gasteiger partial charge in [-0.3, -0.25) is 0 Å². The second-order valence-corrected chi connectivity index (χ2v) is 8.99. The summed E-state index contributed by atoms with van der Waals surface area (Å²) in [7, 11) is 5.57. The van der Waals surface area contributed by atoms with Crippen LogP contribution in [-0.2, 0) is 10.3 Å². The molecular formula is C27H31NO5. The van der Waals surface area contributed by atoms with Crippen molar-refractivity contribution in [3.05, 3.63) is 72.3 Å². The number of fused-ring (bicyclic) bond motifs is 1. The normalized spacial score (nSPS) is 22.8. The van der Waals surface area contributed by atoms with E-state index in [0.29, 0.717) is 37.3 Å². The molecule has 1 aliphatic rings. The molecule has 33 heavy (non-hydrogen) atoms. The summed E-state index contributed by atoms with van der Waals surface area (Å²) in [6.45, 7) is 0.660. The number of hydrogen-bond donors (Lipinski definition) is 1. The molecule has 0 aliphatic heterocycles. The Kier molecular flexibility index (Phi) is 6.86. The Morgan fingerprint density at radius 2 is 1.82 bits per heavy atom. The SMILES string of the molecule is COc1cccc(C2(O)CCC(OC(=O)Oc3ccc4ccccc4c3)CC2CN(C)C)c1. The van der Waals surface area contributed by atoms with Crippen LogP contribution < -0.4 is 9.47 Å². The maximum absolute atomic E-state index is 12.5.